The lowest BCUT2D eigenvalue weighted by Gasteiger charge is -2.28. The minimum Gasteiger partial charge on any atom is -0.357 e. The summed E-state index contributed by atoms with van der Waals surface area (Å²) < 4.78 is 27.4. The molecular weight excluding hydrogens is 360 g/mol. The first-order valence-electron chi connectivity index (χ1n) is 8.29. The molecule has 1 saturated heterocycles. The number of hydrogen-bond donors (Lipinski definition) is 1. The van der Waals surface area contributed by atoms with E-state index in [-0.39, 0.29) is 16.5 Å². The van der Waals surface area contributed by atoms with Crippen LogP contribution in [0.2, 0.25) is 5.02 Å². The number of rotatable bonds is 5. The van der Waals surface area contributed by atoms with Crippen LogP contribution in [0.1, 0.15) is 30.8 Å². The molecule has 1 aliphatic heterocycles. The third kappa shape index (κ3) is 4.48. The van der Waals surface area contributed by atoms with Gasteiger partial charge in [0.25, 0.3) is 0 Å². The summed E-state index contributed by atoms with van der Waals surface area (Å²) in [5.41, 5.74) is 0.822. The standard InChI is InChI=1S/C17H21ClN4O2S/c1-13-11-17(22-9-5-2-6-10-22)21-16(20-13)12-19-25(23,24)15-8-4-3-7-14(15)18/h3-4,7-8,11,19H,2,5-6,9-10,12H2,1H3. The van der Waals surface area contributed by atoms with Gasteiger partial charge < -0.3 is 4.90 Å². The van der Waals surface area contributed by atoms with Crippen LogP contribution < -0.4 is 9.62 Å². The average molecular weight is 381 g/mol. The van der Waals surface area contributed by atoms with Crippen LogP contribution in [0.4, 0.5) is 5.82 Å². The Kier molecular flexibility index (Phi) is 5.56. The molecule has 1 N–H and O–H groups in total. The normalized spacial score (nSPS) is 15.4. The number of benzene rings is 1. The van der Waals surface area contributed by atoms with Crippen LogP contribution in [0.15, 0.2) is 35.2 Å². The summed E-state index contributed by atoms with van der Waals surface area (Å²) in [5.74, 6) is 1.32. The second-order valence-corrected chi connectivity index (χ2v) is 8.23. The van der Waals surface area contributed by atoms with Crippen LogP contribution in [-0.2, 0) is 16.6 Å². The van der Waals surface area contributed by atoms with Crippen molar-refractivity contribution in [3.8, 4) is 0 Å². The van der Waals surface area contributed by atoms with Crippen molar-refractivity contribution >= 4 is 27.4 Å². The molecule has 0 radical (unpaired) electrons. The molecule has 1 aromatic heterocycles. The highest BCUT2D eigenvalue weighted by molar-refractivity contribution is 7.89. The van der Waals surface area contributed by atoms with E-state index in [2.05, 4.69) is 19.6 Å². The monoisotopic (exact) mass is 380 g/mol. The Balaban J connectivity index is 1.77. The van der Waals surface area contributed by atoms with Crippen molar-refractivity contribution < 1.29 is 8.42 Å². The van der Waals surface area contributed by atoms with E-state index in [9.17, 15) is 8.42 Å². The number of sulfonamides is 1. The molecule has 0 amide bonds. The van der Waals surface area contributed by atoms with Crippen LogP contribution in [-0.4, -0.2) is 31.5 Å². The van der Waals surface area contributed by atoms with Gasteiger partial charge in [0.05, 0.1) is 11.6 Å². The third-order valence-corrected chi connectivity index (χ3v) is 6.01. The summed E-state index contributed by atoms with van der Waals surface area (Å²) in [6, 6.07) is 8.29. The Hall–Kier alpha value is -1.70. The maximum absolute atomic E-state index is 12.4. The van der Waals surface area contributed by atoms with E-state index in [1.807, 2.05) is 13.0 Å². The van der Waals surface area contributed by atoms with Gasteiger partial charge in [-0.3, -0.25) is 0 Å². The summed E-state index contributed by atoms with van der Waals surface area (Å²) in [6.07, 6.45) is 3.54. The molecule has 1 fully saturated rings. The molecule has 2 heterocycles. The number of aromatic nitrogens is 2. The SMILES string of the molecule is Cc1cc(N2CCCCC2)nc(CNS(=O)(=O)c2ccccc2Cl)n1. The minimum absolute atomic E-state index is 0.0239. The molecule has 1 aliphatic rings. The zero-order valence-electron chi connectivity index (χ0n) is 14.1. The van der Waals surface area contributed by atoms with Crippen LogP contribution in [0.25, 0.3) is 0 Å². The van der Waals surface area contributed by atoms with E-state index >= 15 is 0 Å². The Morgan fingerprint density at radius 3 is 2.60 bits per heavy atom. The van der Waals surface area contributed by atoms with Gasteiger partial charge in [-0.1, -0.05) is 23.7 Å². The van der Waals surface area contributed by atoms with Crippen LogP contribution in [0.3, 0.4) is 0 Å². The van der Waals surface area contributed by atoms with Crippen molar-refractivity contribution in [2.45, 2.75) is 37.6 Å². The van der Waals surface area contributed by atoms with Crippen LogP contribution in [0.5, 0.6) is 0 Å². The van der Waals surface area contributed by atoms with Gasteiger partial charge in [0.15, 0.2) is 0 Å². The van der Waals surface area contributed by atoms with E-state index in [1.54, 1.807) is 18.2 Å². The second kappa shape index (κ2) is 7.68. The first kappa shape index (κ1) is 18.1. The van der Waals surface area contributed by atoms with Crippen molar-refractivity contribution in [2.75, 3.05) is 18.0 Å². The van der Waals surface area contributed by atoms with Crippen molar-refractivity contribution in [1.29, 1.82) is 0 Å². The molecule has 0 aliphatic carbocycles. The van der Waals surface area contributed by atoms with Gasteiger partial charge in [0.1, 0.15) is 16.5 Å². The number of aryl methyl sites for hydroxylation is 1. The van der Waals surface area contributed by atoms with Gasteiger partial charge >= 0.3 is 0 Å². The summed E-state index contributed by atoms with van der Waals surface area (Å²) in [7, 11) is -3.72. The number of nitrogens with one attached hydrogen (secondary N) is 1. The Bertz CT molecular complexity index is 851. The molecule has 0 spiro atoms. The molecule has 134 valence electrons. The quantitative estimate of drug-likeness (QED) is 0.863. The molecule has 0 bridgehead atoms. The van der Waals surface area contributed by atoms with E-state index in [4.69, 9.17) is 11.6 Å². The molecule has 0 unspecified atom stereocenters. The average Bonchev–Trinajstić information content (AvgIpc) is 2.61. The molecule has 3 rings (SSSR count). The summed E-state index contributed by atoms with van der Waals surface area (Å²) in [6.45, 7) is 3.86. The van der Waals surface area contributed by atoms with Gasteiger partial charge in [0.2, 0.25) is 10.0 Å². The Morgan fingerprint density at radius 1 is 1.16 bits per heavy atom. The molecule has 0 atom stereocenters. The number of nitrogens with zero attached hydrogens (tertiary/aromatic N) is 3. The molecule has 6 nitrogen and oxygen atoms in total. The van der Waals surface area contributed by atoms with Gasteiger partial charge in [-0.2, -0.15) is 0 Å². The van der Waals surface area contributed by atoms with Gasteiger partial charge in [0, 0.05) is 24.8 Å². The molecule has 1 aromatic carbocycles. The van der Waals surface area contributed by atoms with Gasteiger partial charge in [-0.25, -0.2) is 23.1 Å². The predicted molar refractivity (Wildman–Crippen MR) is 98.3 cm³/mol. The van der Waals surface area contributed by atoms with E-state index in [0.29, 0.717) is 5.82 Å². The maximum atomic E-state index is 12.4. The molecule has 25 heavy (non-hydrogen) atoms. The molecule has 0 saturated carbocycles. The fraction of sp³-hybridized carbons (Fsp3) is 0.412. The number of halogens is 1. The van der Waals surface area contributed by atoms with Crippen molar-refractivity contribution in [1.82, 2.24) is 14.7 Å². The summed E-state index contributed by atoms with van der Waals surface area (Å²) in [5, 5.41) is 0.189. The predicted octanol–water partition coefficient (Wildman–Crippen LogP) is 2.91. The maximum Gasteiger partial charge on any atom is 0.242 e. The Labute approximate surface area is 153 Å². The summed E-state index contributed by atoms with van der Waals surface area (Å²) in [4.78, 5) is 11.2. The van der Waals surface area contributed by atoms with E-state index in [0.717, 1.165) is 37.4 Å². The highest BCUT2D eigenvalue weighted by Gasteiger charge is 2.19. The van der Waals surface area contributed by atoms with E-state index < -0.39 is 10.0 Å². The summed E-state index contributed by atoms with van der Waals surface area (Å²) >= 11 is 5.99. The first-order chi connectivity index (χ1) is 12.0. The number of anilines is 1. The van der Waals surface area contributed by atoms with E-state index in [1.165, 1.54) is 12.5 Å². The largest absolute Gasteiger partial charge is 0.357 e. The lowest BCUT2D eigenvalue weighted by atomic mass is 10.1. The molecule has 8 heteroatoms. The molecular formula is C17H21ClN4O2S. The minimum atomic E-state index is -3.72. The highest BCUT2D eigenvalue weighted by Crippen LogP contribution is 2.21. The first-order valence-corrected chi connectivity index (χ1v) is 10.2. The zero-order chi connectivity index (χ0) is 17.9. The smallest absolute Gasteiger partial charge is 0.242 e. The zero-order valence-corrected chi connectivity index (χ0v) is 15.6. The van der Waals surface area contributed by atoms with Crippen molar-refractivity contribution in [2.24, 2.45) is 0 Å². The second-order valence-electron chi connectivity index (χ2n) is 6.09. The topological polar surface area (TPSA) is 75.2 Å². The fourth-order valence-corrected chi connectivity index (χ4v) is 4.37. The number of hydrogen-bond acceptors (Lipinski definition) is 5. The lowest BCUT2D eigenvalue weighted by Crippen LogP contribution is -2.31. The lowest BCUT2D eigenvalue weighted by molar-refractivity contribution is 0.569. The van der Waals surface area contributed by atoms with Crippen LogP contribution >= 0.6 is 11.6 Å². The third-order valence-electron chi connectivity index (χ3n) is 4.11. The number of piperidine rings is 1. The van der Waals surface area contributed by atoms with Gasteiger partial charge in [-0.15, -0.1) is 0 Å². The fourth-order valence-electron chi connectivity index (χ4n) is 2.88. The highest BCUT2D eigenvalue weighted by atomic mass is 35.5. The van der Waals surface area contributed by atoms with Crippen LogP contribution in [0, 0.1) is 6.92 Å². The van der Waals surface area contributed by atoms with Crippen molar-refractivity contribution in [3.05, 3.63) is 46.9 Å². The van der Waals surface area contributed by atoms with Crippen molar-refractivity contribution in [3.63, 3.8) is 0 Å². The van der Waals surface area contributed by atoms with Gasteiger partial charge in [-0.05, 0) is 38.3 Å². The molecule has 2 aromatic rings. The Morgan fingerprint density at radius 2 is 1.88 bits per heavy atom.